The Labute approximate surface area is 165 Å². The van der Waals surface area contributed by atoms with Crippen LogP contribution in [0.2, 0.25) is 0 Å². The summed E-state index contributed by atoms with van der Waals surface area (Å²) in [6.45, 7) is 0. The van der Waals surface area contributed by atoms with Crippen LogP contribution < -0.4 is 5.32 Å². The zero-order valence-corrected chi connectivity index (χ0v) is 16.0. The summed E-state index contributed by atoms with van der Waals surface area (Å²) in [6.07, 6.45) is 1.07. The Morgan fingerprint density at radius 3 is 2.48 bits per heavy atom. The number of thiazole rings is 1. The molecule has 3 aromatic rings. The van der Waals surface area contributed by atoms with Gasteiger partial charge in [0.2, 0.25) is 0 Å². The smallest absolute Gasteiger partial charge is 0.322 e. The fraction of sp³-hybridized carbons (Fsp3) is 0.0526. The van der Waals surface area contributed by atoms with E-state index in [1.807, 2.05) is 12.2 Å². The summed E-state index contributed by atoms with van der Waals surface area (Å²) in [7, 11) is 0. The maximum absolute atomic E-state index is 12.8. The van der Waals surface area contributed by atoms with Crippen molar-refractivity contribution in [2.45, 2.75) is 6.18 Å². The average Bonchev–Trinajstić information content (AvgIpc) is 3.06. The minimum atomic E-state index is -4.49. The molecule has 0 spiro atoms. The van der Waals surface area contributed by atoms with Crippen LogP contribution in [0.3, 0.4) is 0 Å². The van der Waals surface area contributed by atoms with E-state index in [1.54, 1.807) is 30.5 Å². The second-order valence-corrected chi connectivity index (χ2v) is 7.84. The van der Waals surface area contributed by atoms with Crippen molar-refractivity contribution < 1.29 is 18.0 Å². The molecule has 1 amide bonds. The Hall–Kier alpha value is -2.45. The van der Waals surface area contributed by atoms with Crippen molar-refractivity contribution in [2.75, 3.05) is 5.32 Å². The first-order valence-electron chi connectivity index (χ1n) is 7.69. The van der Waals surface area contributed by atoms with Crippen LogP contribution in [0.15, 0.2) is 58.6 Å². The van der Waals surface area contributed by atoms with Gasteiger partial charge in [0.1, 0.15) is 0 Å². The lowest BCUT2D eigenvalue weighted by Gasteiger charge is -2.09. The van der Waals surface area contributed by atoms with E-state index in [9.17, 15) is 18.0 Å². The number of hydrogen-bond acceptors (Lipinski definition) is 3. The minimum absolute atomic E-state index is 0.0513. The summed E-state index contributed by atoms with van der Waals surface area (Å²) in [5.74, 6) is -0.598. The number of hydrogen-bond donors (Lipinski definition) is 1. The van der Waals surface area contributed by atoms with E-state index >= 15 is 0 Å². The van der Waals surface area contributed by atoms with Crippen LogP contribution in [0, 0.1) is 0 Å². The number of carbonyl (C=O) groups is 1. The van der Waals surface area contributed by atoms with Crippen molar-refractivity contribution in [2.24, 2.45) is 0 Å². The average molecular weight is 453 g/mol. The number of anilines is 1. The molecule has 3 nitrogen and oxygen atoms in total. The van der Waals surface area contributed by atoms with Crippen molar-refractivity contribution >= 4 is 51.0 Å². The molecule has 138 valence electrons. The SMILES string of the molecule is O=C(Nc1ccc(/C=C/c2cnc(Br)s2)cc1)c1cccc(C(F)(F)F)c1. The van der Waals surface area contributed by atoms with Crippen LogP contribution in [-0.4, -0.2) is 10.9 Å². The van der Waals surface area contributed by atoms with Gasteiger partial charge in [0.15, 0.2) is 3.92 Å². The molecule has 0 aliphatic rings. The molecule has 0 saturated heterocycles. The third kappa shape index (κ3) is 5.27. The molecule has 0 aliphatic heterocycles. The van der Waals surface area contributed by atoms with Gasteiger partial charge in [0.25, 0.3) is 5.91 Å². The number of amides is 1. The number of rotatable bonds is 4. The van der Waals surface area contributed by atoms with Gasteiger partial charge in [-0.1, -0.05) is 24.3 Å². The molecule has 1 aromatic heterocycles. The van der Waals surface area contributed by atoms with Crippen molar-refractivity contribution in [3.8, 4) is 0 Å². The first-order valence-corrected chi connectivity index (χ1v) is 9.30. The van der Waals surface area contributed by atoms with Crippen LogP contribution in [0.1, 0.15) is 26.4 Å². The summed E-state index contributed by atoms with van der Waals surface area (Å²) in [5, 5.41) is 2.60. The lowest BCUT2D eigenvalue weighted by molar-refractivity contribution is -0.137. The van der Waals surface area contributed by atoms with Crippen LogP contribution in [0.4, 0.5) is 18.9 Å². The van der Waals surface area contributed by atoms with E-state index < -0.39 is 17.6 Å². The molecule has 8 heteroatoms. The van der Waals surface area contributed by atoms with E-state index in [0.717, 1.165) is 26.5 Å². The molecule has 0 atom stereocenters. The highest BCUT2D eigenvalue weighted by Crippen LogP contribution is 2.29. The topological polar surface area (TPSA) is 42.0 Å². The molecule has 0 radical (unpaired) electrons. The highest BCUT2D eigenvalue weighted by Gasteiger charge is 2.30. The van der Waals surface area contributed by atoms with Crippen LogP contribution in [0.5, 0.6) is 0 Å². The van der Waals surface area contributed by atoms with Gasteiger partial charge in [-0.15, -0.1) is 11.3 Å². The van der Waals surface area contributed by atoms with Crippen molar-refractivity contribution in [3.63, 3.8) is 0 Å². The lowest BCUT2D eigenvalue weighted by Crippen LogP contribution is -2.13. The first kappa shape index (κ1) is 19.3. The molecule has 0 bridgehead atoms. The van der Waals surface area contributed by atoms with Gasteiger partial charge in [-0.2, -0.15) is 13.2 Å². The molecule has 3 rings (SSSR count). The summed E-state index contributed by atoms with van der Waals surface area (Å²) in [4.78, 5) is 17.3. The molecule has 0 aliphatic carbocycles. The van der Waals surface area contributed by atoms with Gasteiger partial charge >= 0.3 is 6.18 Å². The van der Waals surface area contributed by atoms with E-state index in [0.29, 0.717) is 5.69 Å². The van der Waals surface area contributed by atoms with E-state index in [2.05, 4.69) is 26.2 Å². The molecular weight excluding hydrogens is 441 g/mol. The van der Waals surface area contributed by atoms with Gasteiger partial charge in [-0.3, -0.25) is 4.79 Å². The summed E-state index contributed by atoms with van der Waals surface area (Å²) >= 11 is 4.80. The predicted octanol–water partition coefficient (Wildman–Crippen LogP) is 6.35. The van der Waals surface area contributed by atoms with E-state index in [4.69, 9.17) is 0 Å². The minimum Gasteiger partial charge on any atom is -0.322 e. The van der Waals surface area contributed by atoms with Crippen LogP contribution >= 0.6 is 27.3 Å². The molecule has 0 fully saturated rings. The fourth-order valence-electron chi connectivity index (χ4n) is 2.24. The number of halogens is 4. The van der Waals surface area contributed by atoms with Gasteiger partial charge in [-0.25, -0.2) is 4.98 Å². The number of nitrogens with one attached hydrogen (secondary N) is 1. The van der Waals surface area contributed by atoms with E-state index in [-0.39, 0.29) is 5.56 Å². The highest BCUT2D eigenvalue weighted by atomic mass is 79.9. The number of carbonyl (C=O) groups excluding carboxylic acids is 1. The maximum atomic E-state index is 12.8. The molecule has 27 heavy (non-hydrogen) atoms. The van der Waals surface area contributed by atoms with Crippen molar-refractivity contribution in [3.05, 3.63) is 80.2 Å². The Kier molecular flexibility index (Phi) is 5.76. The third-order valence-corrected chi connectivity index (χ3v) is 5.00. The van der Waals surface area contributed by atoms with Crippen molar-refractivity contribution in [1.82, 2.24) is 4.98 Å². The molecule has 0 saturated carbocycles. The second-order valence-electron chi connectivity index (χ2n) is 5.50. The standard InChI is InChI=1S/C19H12BrF3N2OS/c20-18-24-11-16(27-18)9-6-12-4-7-15(8-5-12)25-17(26)13-2-1-3-14(10-13)19(21,22)23/h1-11H,(H,25,26)/b9-6+. The van der Waals surface area contributed by atoms with Crippen molar-refractivity contribution in [1.29, 1.82) is 0 Å². The Morgan fingerprint density at radius 2 is 1.85 bits per heavy atom. The Morgan fingerprint density at radius 1 is 1.11 bits per heavy atom. The third-order valence-electron chi connectivity index (χ3n) is 3.56. The molecule has 1 heterocycles. The first-order chi connectivity index (χ1) is 12.8. The zero-order chi connectivity index (χ0) is 19.4. The number of nitrogens with zero attached hydrogens (tertiary/aromatic N) is 1. The Balaban J connectivity index is 1.67. The molecule has 0 unspecified atom stereocenters. The molecule has 1 N–H and O–H groups in total. The zero-order valence-electron chi connectivity index (χ0n) is 13.6. The largest absolute Gasteiger partial charge is 0.416 e. The highest BCUT2D eigenvalue weighted by molar-refractivity contribution is 9.11. The second kappa shape index (κ2) is 8.06. The number of alkyl halides is 3. The normalized spacial score (nSPS) is 11.7. The molecule has 2 aromatic carbocycles. The lowest BCUT2D eigenvalue weighted by atomic mass is 10.1. The predicted molar refractivity (Wildman–Crippen MR) is 105 cm³/mol. The van der Waals surface area contributed by atoms with E-state index in [1.165, 1.54) is 23.5 Å². The Bertz CT molecular complexity index is 981. The summed E-state index contributed by atoms with van der Waals surface area (Å²) in [5.41, 5.74) is 0.501. The quantitative estimate of drug-likeness (QED) is 0.501. The fourth-order valence-corrected chi connectivity index (χ4v) is 3.44. The summed E-state index contributed by atoms with van der Waals surface area (Å²) < 4.78 is 39.1. The van der Waals surface area contributed by atoms with Crippen LogP contribution in [-0.2, 0) is 6.18 Å². The number of aromatic nitrogens is 1. The van der Waals surface area contributed by atoms with Crippen LogP contribution in [0.25, 0.3) is 12.2 Å². The number of benzene rings is 2. The van der Waals surface area contributed by atoms with Gasteiger partial charge in [-0.05, 0) is 57.9 Å². The monoisotopic (exact) mass is 452 g/mol. The molecular formula is C19H12BrF3N2OS. The van der Waals surface area contributed by atoms with Gasteiger partial charge in [0.05, 0.1) is 5.56 Å². The maximum Gasteiger partial charge on any atom is 0.416 e. The summed E-state index contributed by atoms with van der Waals surface area (Å²) in [6, 6.07) is 11.3. The van der Waals surface area contributed by atoms with Gasteiger partial charge in [0, 0.05) is 22.3 Å². The van der Waals surface area contributed by atoms with Gasteiger partial charge < -0.3 is 5.32 Å².